The molecule has 1 amide bonds. The number of aliphatic carboxylic acids is 1. The van der Waals surface area contributed by atoms with Gasteiger partial charge in [0, 0.05) is 11.3 Å². The summed E-state index contributed by atoms with van der Waals surface area (Å²) in [4.78, 5) is 23.5. The van der Waals surface area contributed by atoms with E-state index in [0.717, 1.165) is 0 Å². The summed E-state index contributed by atoms with van der Waals surface area (Å²) < 4.78 is 5.45. The van der Waals surface area contributed by atoms with Gasteiger partial charge >= 0.3 is 5.97 Å². The Balaban J connectivity index is 1.75. The van der Waals surface area contributed by atoms with Crippen LogP contribution in [0, 0.1) is 17.3 Å². The fourth-order valence-corrected chi connectivity index (χ4v) is 3.48. The van der Waals surface area contributed by atoms with E-state index in [1.54, 1.807) is 44.2 Å². The number of aliphatic hydroxyl groups excluding tert-OH is 1. The quantitative estimate of drug-likeness (QED) is 0.756. The molecule has 0 unspecified atom stereocenters. The lowest BCUT2D eigenvalue weighted by molar-refractivity contribution is -0.140. The van der Waals surface area contributed by atoms with Gasteiger partial charge in [-0.15, -0.1) is 0 Å². The molecule has 7 heteroatoms. The molecule has 1 saturated carbocycles. The number of carboxylic acids is 1. The highest BCUT2D eigenvalue weighted by molar-refractivity contribution is 6.33. The summed E-state index contributed by atoms with van der Waals surface area (Å²) in [5, 5.41) is 21.3. The zero-order chi connectivity index (χ0) is 18.4. The summed E-state index contributed by atoms with van der Waals surface area (Å²) >= 11 is 6.26. The second-order valence-corrected chi connectivity index (χ2v) is 7.13. The molecule has 1 aromatic heterocycles. The second-order valence-electron chi connectivity index (χ2n) is 6.72. The first-order valence-corrected chi connectivity index (χ1v) is 8.16. The van der Waals surface area contributed by atoms with E-state index in [9.17, 15) is 14.7 Å². The van der Waals surface area contributed by atoms with Crippen molar-refractivity contribution in [1.82, 2.24) is 0 Å². The van der Waals surface area contributed by atoms with Crippen LogP contribution < -0.4 is 5.32 Å². The minimum atomic E-state index is -0.962. The molecule has 6 nitrogen and oxygen atoms in total. The Morgan fingerprint density at radius 2 is 1.96 bits per heavy atom. The van der Waals surface area contributed by atoms with Crippen LogP contribution in [0.3, 0.4) is 0 Å². The molecule has 132 valence electrons. The molecule has 0 radical (unpaired) electrons. The van der Waals surface area contributed by atoms with Crippen LogP contribution in [0.2, 0.25) is 5.02 Å². The number of aliphatic hydroxyl groups is 1. The molecule has 1 aliphatic rings. The zero-order valence-electron chi connectivity index (χ0n) is 13.7. The summed E-state index contributed by atoms with van der Waals surface area (Å²) in [5.41, 5.74) is 0.559. The minimum absolute atomic E-state index is 0.201. The first-order valence-electron chi connectivity index (χ1n) is 7.79. The average molecular weight is 364 g/mol. The SMILES string of the molecule is CC1(C)[C@@H](C(=O)O)[C@@H]1C(=O)Nc1ccc(-c2ccc(CO)o2)c(Cl)c1. The van der Waals surface area contributed by atoms with Gasteiger partial charge in [-0.25, -0.2) is 0 Å². The van der Waals surface area contributed by atoms with Crippen LogP contribution in [0.15, 0.2) is 34.7 Å². The summed E-state index contributed by atoms with van der Waals surface area (Å²) in [6, 6.07) is 8.31. The number of carbonyl (C=O) groups is 2. The molecule has 0 bridgehead atoms. The molecule has 0 spiro atoms. The molecule has 1 fully saturated rings. The number of nitrogens with one attached hydrogen (secondary N) is 1. The van der Waals surface area contributed by atoms with Crippen molar-refractivity contribution in [3.05, 3.63) is 41.1 Å². The normalized spacial score (nSPS) is 21.0. The van der Waals surface area contributed by atoms with Gasteiger partial charge in [0.1, 0.15) is 18.1 Å². The maximum absolute atomic E-state index is 12.3. The van der Waals surface area contributed by atoms with E-state index in [0.29, 0.717) is 27.8 Å². The summed E-state index contributed by atoms with van der Waals surface area (Å²) in [5.74, 6) is -1.60. The number of amides is 1. The van der Waals surface area contributed by atoms with Crippen molar-refractivity contribution in [3.63, 3.8) is 0 Å². The van der Waals surface area contributed by atoms with Gasteiger partial charge in [0.15, 0.2) is 0 Å². The molecule has 1 aliphatic carbocycles. The summed E-state index contributed by atoms with van der Waals surface area (Å²) in [7, 11) is 0. The maximum atomic E-state index is 12.3. The van der Waals surface area contributed by atoms with Crippen molar-refractivity contribution in [3.8, 4) is 11.3 Å². The standard InChI is InChI=1S/C18H18ClNO5/c1-18(2)14(15(18)17(23)24)16(22)20-9-3-5-11(12(19)7-9)13-6-4-10(8-21)25-13/h3-7,14-15,21H,8H2,1-2H3,(H,20,22)(H,23,24)/t14-,15-/m1/s1. The van der Waals surface area contributed by atoms with Gasteiger partial charge < -0.3 is 19.9 Å². The fourth-order valence-electron chi connectivity index (χ4n) is 3.21. The fraction of sp³-hybridized carbons (Fsp3) is 0.333. The van der Waals surface area contributed by atoms with Crippen LogP contribution in [0.4, 0.5) is 5.69 Å². The monoisotopic (exact) mass is 363 g/mol. The predicted molar refractivity (Wildman–Crippen MR) is 92.1 cm³/mol. The number of benzene rings is 1. The van der Waals surface area contributed by atoms with E-state index in [-0.39, 0.29) is 12.5 Å². The molecule has 0 aliphatic heterocycles. The number of halogens is 1. The number of hydrogen-bond donors (Lipinski definition) is 3. The Kier molecular flexibility index (Phi) is 4.34. The smallest absolute Gasteiger partial charge is 0.307 e. The van der Waals surface area contributed by atoms with Crippen LogP contribution in [0.1, 0.15) is 19.6 Å². The number of furan rings is 1. The van der Waals surface area contributed by atoms with Gasteiger partial charge in [0.25, 0.3) is 0 Å². The topological polar surface area (TPSA) is 99.8 Å². The number of hydrogen-bond acceptors (Lipinski definition) is 4. The molecule has 0 saturated heterocycles. The Bertz CT molecular complexity index is 842. The first-order chi connectivity index (χ1) is 11.8. The van der Waals surface area contributed by atoms with Gasteiger partial charge in [0.05, 0.1) is 16.9 Å². The van der Waals surface area contributed by atoms with E-state index < -0.39 is 23.2 Å². The first kappa shape index (κ1) is 17.5. The van der Waals surface area contributed by atoms with E-state index in [4.69, 9.17) is 21.1 Å². The molecule has 1 aromatic carbocycles. The lowest BCUT2D eigenvalue weighted by Gasteiger charge is -2.08. The van der Waals surface area contributed by atoms with Crippen molar-refractivity contribution >= 4 is 29.2 Å². The number of anilines is 1. The van der Waals surface area contributed by atoms with Gasteiger partial charge in [-0.05, 0) is 35.7 Å². The lowest BCUT2D eigenvalue weighted by atomic mass is 10.1. The zero-order valence-corrected chi connectivity index (χ0v) is 14.5. The largest absolute Gasteiger partial charge is 0.481 e. The maximum Gasteiger partial charge on any atom is 0.307 e. The summed E-state index contributed by atoms with van der Waals surface area (Å²) in [6.07, 6.45) is 0. The van der Waals surface area contributed by atoms with Gasteiger partial charge in [-0.1, -0.05) is 25.4 Å². The number of rotatable bonds is 5. The van der Waals surface area contributed by atoms with Crippen molar-refractivity contribution in [1.29, 1.82) is 0 Å². The van der Waals surface area contributed by atoms with Crippen molar-refractivity contribution in [2.45, 2.75) is 20.5 Å². The van der Waals surface area contributed by atoms with Crippen LogP contribution in [-0.4, -0.2) is 22.1 Å². The Morgan fingerprint density at radius 3 is 2.48 bits per heavy atom. The van der Waals surface area contributed by atoms with Crippen molar-refractivity contribution in [2.24, 2.45) is 17.3 Å². The number of carboxylic acid groups (broad SMARTS) is 1. The van der Waals surface area contributed by atoms with Gasteiger partial charge in [-0.2, -0.15) is 0 Å². The molecule has 3 N–H and O–H groups in total. The van der Waals surface area contributed by atoms with Crippen LogP contribution >= 0.6 is 11.6 Å². The van der Waals surface area contributed by atoms with Gasteiger partial charge in [0.2, 0.25) is 5.91 Å². The van der Waals surface area contributed by atoms with E-state index in [1.165, 1.54) is 0 Å². The second kappa shape index (κ2) is 6.20. The van der Waals surface area contributed by atoms with Crippen LogP contribution in [0.5, 0.6) is 0 Å². The Morgan fingerprint density at radius 1 is 1.24 bits per heavy atom. The van der Waals surface area contributed by atoms with E-state index in [1.807, 2.05) is 0 Å². The Labute approximate surface area is 149 Å². The van der Waals surface area contributed by atoms with E-state index in [2.05, 4.69) is 5.32 Å². The molecule has 1 heterocycles. The highest BCUT2D eigenvalue weighted by Crippen LogP contribution is 2.58. The molecular weight excluding hydrogens is 346 g/mol. The van der Waals surface area contributed by atoms with Crippen LogP contribution in [-0.2, 0) is 16.2 Å². The molecule has 2 atom stereocenters. The van der Waals surface area contributed by atoms with Crippen molar-refractivity contribution < 1.29 is 24.2 Å². The highest BCUT2D eigenvalue weighted by atomic mass is 35.5. The Hall–Kier alpha value is -2.31. The van der Waals surface area contributed by atoms with Crippen molar-refractivity contribution in [2.75, 3.05) is 5.32 Å². The highest BCUT2D eigenvalue weighted by Gasteiger charge is 2.65. The van der Waals surface area contributed by atoms with Crippen LogP contribution in [0.25, 0.3) is 11.3 Å². The van der Waals surface area contributed by atoms with E-state index >= 15 is 0 Å². The predicted octanol–water partition coefficient (Wildman–Crippen LogP) is 3.39. The molecule has 2 aromatic rings. The molecular formula is C18H18ClNO5. The van der Waals surface area contributed by atoms with Gasteiger partial charge in [-0.3, -0.25) is 9.59 Å². The third-order valence-corrected chi connectivity index (χ3v) is 5.01. The third-order valence-electron chi connectivity index (χ3n) is 4.70. The number of carbonyl (C=O) groups excluding carboxylic acids is 1. The minimum Gasteiger partial charge on any atom is -0.481 e. The molecule has 25 heavy (non-hydrogen) atoms. The lowest BCUT2D eigenvalue weighted by Crippen LogP contribution is -2.17. The third kappa shape index (κ3) is 3.15. The average Bonchev–Trinajstić information content (AvgIpc) is 2.90. The summed E-state index contributed by atoms with van der Waals surface area (Å²) in [6.45, 7) is 3.33. The molecule has 3 rings (SSSR count).